The molecular weight excluding hydrogens is 411 g/mol. The van der Waals surface area contributed by atoms with Crippen LogP contribution >= 0.6 is 0 Å². The lowest BCUT2D eigenvalue weighted by molar-refractivity contribution is -0.163. The molecule has 0 aliphatic rings. The monoisotopic (exact) mass is 433 g/mol. The van der Waals surface area contributed by atoms with E-state index in [1.807, 2.05) is 0 Å². The molecule has 0 spiro atoms. The van der Waals surface area contributed by atoms with Crippen LogP contribution in [0.25, 0.3) is 0 Å². The third-order valence-corrected chi connectivity index (χ3v) is 4.35. The van der Waals surface area contributed by atoms with Crippen LogP contribution in [0.1, 0.15) is 18.1 Å². The van der Waals surface area contributed by atoms with Gasteiger partial charge in [0.1, 0.15) is 6.04 Å². The average molecular weight is 433 g/mol. The number of rotatable bonds is 8. The van der Waals surface area contributed by atoms with Crippen LogP contribution in [0, 0.1) is 11.8 Å². The number of benzene rings is 1. The van der Waals surface area contributed by atoms with Crippen molar-refractivity contribution in [2.45, 2.75) is 25.6 Å². The van der Waals surface area contributed by atoms with E-state index in [2.05, 4.69) is 19.5 Å². The summed E-state index contributed by atoms with van der Waals surface area (Å²) < 4.78 is 52.2. The number of nitrogens with one attached hydrogen (secondary N) is 1. The lowest BCUT2D eigenvalue weighted by Gasteiger charge is -2.27. The minimum absolute atomic E-state index is 0.0519. The first kappa shape index (κ1) is 24.9. The van der Waals surface area contributed by atoms with E-state index in [0.29, 0.717) is 0 Å². The summed E-state index contributed by atoms with van der Waals surface area (Å²) in [5.41, 5.74) is -0.877. The van der Waals surface area contributed by atoms with Gasteiger partial charge in [-0.25, -0.2) is 4.79 Å². The number of carbonyl (C=O) groups excluding carboxylic acids is 4. The molecule has 1 rings (SSSR count). The molecule has 0 aliphatic heterocycles. The van der Waals surface area contributed by atoms with Crippen LogP contribution in [-0.2, 0) is 46.0 Å². The van der Waals surface area contributed by atoms with Crippen molar-refractivity contribution in [1.82, 2.24) is 5.32 Å². The molecule has 8 nitrogen and oxygen atoms in total. The molecule has 0 radical (unpaired) electrons. The van der Waals surface area contributed by atoms with Crippen LogP contribution in [0.3, 0.4) is 0 Å². The standard InChI is InChI=1S/C19H22F3NO7/c1-10(14(16(25)28-2)17(26)29-3)15(18(27)30-4)23-13(24)9-11-6-5-7-12(8-11)19(20,21)22/h5-8,10,14-15H,9H2,1-4H3,(H,23,24)/t10-,15+/m1/s1. The topological polar surface area (TPSA) is 108 Å². The molecule has 1 amide bonds. The van der Waals surface area contributed by atoms with E-state index in [9.17, 15) is 32.3 Å². The van der Waals surface area contributed by atoms with Gasteiger partial charge >= 0.3 is 24.1 Å². The van der Waals surface area contributed by atoms with Crippen molar-refractivity contribution in [1.29, 1.82) is 0 Å². The van der Waals surface area contributed by atoms with Crippen molar-refractivity contribution in [2.24, 2.45) is 11.8 Å². The predicted molar refractivity (Wildman–Crippen MR) is 95.8 cm³/mol. The Labute approximate surface area is 170 Å². The molecule has 0 aromatic heterocycles. The Balaban J connectivity index is 3.07. The second-order valence-electron chi connectivity index (χ2n) is 6.33. The number of methoxy groups -OCH3 is 3. The number of esters is 3. The summed E-state index contributed by atoms with van der Waals surface area (Å²) in [6.07, 6.45) is -5.06. The highest BCUT2D eigenvalue weighted by molar-refractivity contribution is 5.96. The van der Waals surface area contributed by atoms with Gasteiger partial charge in [-0.1, -0.05) is 25.1 Å². The molecule has 2 atom stereocenters. The first-order valence-corrected chi connectivity index (χ1v) is 8.65. The van der Waals surface area contributed by atoms with Gasteiger partial charge in [-0.3, -0.25) is 14.4 Å². The zero-order valence-electron chi connectivity index (χ0n) is 16.7. The molecule has 1 N–H and O–H groups in total. The Bertz CT molecular complexity index is 779. The van der Waals surface area contributed by atoms with Crippen LogP contribution in [0.5, 0.6) is 0 Å². The highest BCUT2D eigenvalue weighted by Crippen LogP contribution is 2.29. The van der Waals surface area contributed by atoms with Gasteiger partial charge in [0.15, 0.2) is 5.92 Å². The summed E-state index contributed by atoms with van der Waals surface area (Å²) in [5.74, 6) is -6.44. The lowest BCUT2D eigenvalue weighted by Crippen LogP contribution is -2.51. The van der Waals surface area contributed by atoms with E-state index in [4.69, 9.17) is 0 Å². The molecular formula is C19H22F3NO7. The van der Waals surface area contributed by atoms with Gasteiger partial charge in [-0.05, 0) is 11.6 Å². The molecule has 30 heavy (non-hydrogen) atoms. The first-order chi connectivity index (χ1) is 14.0. The van der Waals surface area contributed by atoms with Gasteiger partial charge in [0.25, 0.3) is 0 Å². The van der Waals surface area contributed by atoms with Crippen molar-refractivity contribution in [3.63, 3.8) is 0 Å². The highest BCUT2D eigenvalue weighted by Gasteiger charge is 2.42. The van der Waals surface area contributed by atoms with Crippen molar-refractivity contribution in [2.75, 3.05) is 21.3 Å². The Morgan fingerprint density at radius 3 is 1.97 bits per heavy atom. The number of halogens is 3. The number of amides is 1. The van der Waals surface area contributed by atoms with Crippen LogP contribution in [0.15, 0.2) is 24.3 Å². The summed E-state index contributed by atoms with van der Waals surface area (Å²) in [7, 11) is 3.10. The van der Waals surface area contributed by atoms with Gasteiger partial charge in [-0.15, -0.1) is 0 Å². The normalized spacial score (nSPS) is 13.2. The van der Waals surface area contributed by atoms with Gasteiger partial charge < -0.3 is 19.5 Å². The maximum absolute atomic E-state index is 12.8. The number of hydrogen-bond acceptors (Lipinski definition) is 7. The smallest absolute Gasteiger partial charge is 0.416 e. The minimum Gasteiger partial charge on any atom is -0.468 e. The molecule has 166 valence electrons. The van der Waals surface area contributed by atoms with Gasteiger partial charge in [0.2, 0.25) is 5.91 Å². The second-order valence-corrected chi connectivity index (χ2v) is 6.33. The summed E-state index contributed by atoms with van der Waals surface area (Å²) in [4.78, 5) is 48.5. The van der Waals surface area contributed by atoms with E-state index < -0.39 is 59.9 Å². The van der Waals surface area contributed by atoms with E-state index in [1.54, 1.807) is 0 Å². The lowest BCUT2D eigenvalue weighted by atomic mass is 9.87. The minimum atomic E-state index is -4.58. The van der Waals surface area contributed by atoms with Crippen LogP contribution in [0.4, 0.5) is 13.2 Å². The van der Waals surface area contributed by atoms with Gasteiger partial charge in [-0.2, -0.15) is 13.2 Å². The second kappa shape index (κ2) is 10.6. The maximum Gasteiger partial charge on any atom is 0.416 e. The number of hydrogen-bond donors (Lipinski definition) is 1. The number of alkyl halides is 3. The van der Waals surface area contributed by atoms with E-state index in [1.165, 1.54) is 13.0 Å². The average Bonchev–Trinajstić information content (AvgIpc) is 2.70. The Morgan fingerprint density at radius 2 is 1.50 bits per heavy atom. The van der Waals surface area contributed by atoms with Gasteiger partial charge in [0.05, 0.1) is 33.3 Å². The van der Waals surface area contributed by atoms with Crippen LogP contribution < -0.4 is 5.32 Å². The quantitative estimate of drug-likeness (QED) is 0.376. The Kier molecular flexibility index (Phi) is 8.81. The third kappa shape index (κ3) is 6.46. The molecule has 0 unspecified atom stereocenters. The van der Waals surface area contributed by atoms with Crippen molar-refractivity contribution in [3.05, 3.63) is 35.4 Å². The van der Waals surface area contributed by atoms with Crippen molar-refractivity contribution >= 4 is 23.8 Å². The maximum atomic E-state index is 12.8. The first-order valence-electron chi connectivity index (χ1n) is 8.65. The van der Waals surface area contributed by atoms with Crippen molar-refractivity contribution in [3.8, 4) is 0 Å². The van der Waals surface area contributed by atoms with E-state index >= 15 is 0 Å². The summed E-state index contributed by atoms with van der Waals surface area (Å²) in [6.45, 7) is 1.32. The molecule has 1 aromatic carbocycles. The molecule has 0 aliphatic carbocycles. The zero-order chi connectivity index (χ0) is 23.1. The van der Waals surface area contributed by atoms with Crippen LogP contribution in [0.2, 0.25) is 0 Å². The predicted octanol–water partition coefficient (Wildman–Crippen LogP) is 1.50. The third-order valence-electron chi connectivity index (χ3n) is 4.35. The number of carbonyl (C=O) groups is 4. The van der Waals surface area contributed by atoms with E-state index in [0.717, 1.165) is 39.5 Å². The molecule has 0 saturated carbocycles. The molecule has 0 bridgehead atoms. The molecule has 1 aromatic rings. The van der Waals surface area contributed by atoms with Crippen molar-refractivity contribution < 1.29 is 46.6 Å². The van der Waals surface area contributed by atoms with E-state index in [-0.39, 0.29) is 5.56 Å². The fourth-order valence-electron chi connectivity index (χ4n) is 2.77. The molecule has 11 heteroatoms. The summed E-state index contributed by atoms with van der Waals surface area (Å²) in [5, 5.41) is 2.30. The fraction of sp³-hybridized carbons (Fsp3) is 0.474. The Hall–Kier alpha value is -3.11. The van der Waals surface area contributed by atoms with Crippen LogP contribution in [-0.4, -0.2) is 51.2 Å². The number of ether oxygens (including phenoxy) is 3. The highest BCUT2D eigenvalue weighted by atomic mass is 19.4. The molecule has 0 heterocycles. The summed E-state index contributed by atoms with van der Waals surface area (Å²) >= 11 is 0. The Morgan fingerprint density at radius 1 is 0.967 bits per heavy atom. The zero-order valence-corrected chi connectivity index (χ0v) is 16.7. The summed E-state index contributed by atoms with van der Waals surface area (Å²) in [6, 6.07) is 2.67. The molecule has 0 saturated heterocycles. The SMILES string of the molecule is COC(=O)C(C(=O)OC)[C@@H](C)[C@H](NC(=O)Cc1cccc(C(F)(F)F)c1)C(=O)OC. The van der Waals surface area contributed by atoms with Gasteiger partial charge in [0, 0.05) is 5.92 Å². The largest absolute Gasteiger partial charge is 0.468 e. The fourth-order valence-corrected chi connectivity index (χ4v) is 2.77. The molecule has 0 fully saturated rings.